The van der Waals surface area contributed by atoms with Gasteiger partial charge in [-0.1, -0.05) is 13.0 Å². The maximum absolute atomic E-state index is 11.4. The third-order valence-electron chi connectivity index (χ3n) is 5.39. The lowest BCUT2D eigenvalue weighted by molar-refractivity contribution is -0.118. The Kier molecular flexibility index (Phi) is 2.25. The highest BCUT2D eigenvalue weighted by molar-refractivity contribution is 5.90. The minimum Gasteiger partial charge on any atom is -0.393 e. The molecule has 0 heterocycles. The Morgan fingerprint density at radius 1 is 1.38 bits per heavy atom. The van der Waals surface area contributed by atoms with Crippen molar-refractivity contribution < 1.29 is 9.90 Å². The molecule has 16 heavy (non-hydrogen) atoms. The van der Waals surface area contributed by atoms with Crippen molar-refractivity contribution in [2.24, 2.45) is 23.2 Å². The first-order chi connectivity index (χ1) is 7.61. The molecule has 0 amide bonds. The number of rotatable bonds is 0. The Hall–Kier alpha value is -0.630. The Bertz CT molecular complexity index is 347. The van der Waals surface area contributed by atoms with E-state index in [2.05, 4.69) is 13.0 Å². The van der Waals surface area contributed by atoms with Gasteiger partial charge in [-0.05, 0) is 54.9 Å². The Balaban J connectivity index is 1.92. The van der Waals surface area contributed by atoms with Gasteiger partial charge in [0.15, 0.2) is 5.78 Å². The van der Waals surface area contributed by atoms with E-state index in [0.717, 1.165) is 32.1 Å². The van der Waals surface area contributed by atoms with E-state index in [9.17, 15) is 9.90 Å². The Morgan fingerprint density at radius 3 is 3.00 bits per heavy atom. The summed E-state index contributed by atoms with van der Waals surface area (Å²) in [5.74, 6) is 2.00. The molecule has 2 heteroatoms. The first-order valence-electron chi connectivity index (χ1n) is 6.50. The average Bonchev–Trinajstić information content (AvgIpc) is 2.56. The molecular formula is C14H20O2. The standard InChI is InChI=1S/C14H20O2/c1-14-7-6-9-8-10(15)2-3-11(9)12(14)4-5-13(14)16/h2-3,9,11-13,16H,4-8H2,1H3/t9?,11?,12?,13-,14-/m1/s1. The van der Waals surface area contributed by atoms with Crippen LogP contribution in [0.25, 0.3) is 0 Å². The summed E-state index contributed by atoms with van der Waals surface area (Å²) in [6.07, 6.45) is 8.83. The second kappa shape index (κ2) is 3.43. The van der Waals surface area contributed by atoms with Gasteiger partial charge in [-0.2, -0.15) is 0 Å². The fraction of sp³-hybridized carbons (Fsp3) is 0.786. The van der Waals surface area contributed by atoms with Crippen LogP contribution in [0.5, 0.6) is 0 Å². The van der Waals surface area contributed by atoms with Gasteiger partial charge >= 0.3 is 0 Å². The van der Waals surface area contributed by atoms with Gasteiger partial charge in [-0.25, -0.2) is 0 Å². The van der Waals surface area contributed by atoms with Gasteiger partial charge in [0.05, 0.1) is 6.10 Å². The number of carbonyl (C=O) groups is 1. The van der Waals surface area contributed by atoms with Crippen molar-refractivity contribution in [1.29, 1.82) is 0 Å². The van der Waals surface area contributed by atoms with Gasteiger partial charge in [0.1, 0.15) is 0 Å². The molecule has 0 aromatic heterocycles. The third-order valence-corrected chi connectivity index (χ3v) is 5.39. The minimum absolute atomic E-state index is 0.117. The summed E-state index contributed by atoms with van der Waals surface area (Å²) in [6.45, 7) is 2.25. The van der Waals surface area contributed by atoms with Gasteiger partial charge in [0.25, 0.3) is 0 Å². The van der Waals surface area contributed by atoms with Crippen LogP contribution in [0.3, 0.4) is 0 Å². The number of carbonyl (C=O) groups excluding carboxylic acids is 1. The molecule has 0 aliphatic heterocycles. The van der Waals surface area contributed by atoms with E-state index in [4.69, 9.17) is 0 Å². The van der Waals surface area contributed by atoms with Crippen molar-refractivity contribution in [3.63, 3.8) is 0 Å². The molecule has 3 aliphatic carbocycles. The number of allylic oxidation sites excluding steroid dienone is 2. The lowest BCUT2D eigenvalue weighted by atomic mass is 9.58. The van der Waals surface area contributed by atoms with Gasteiger partial charge in [0.2, 0.25) is 0 Å². The highest BCUT2D eigenvalue weighted by atomic mass is 16.3. The summed E-state index contributed by atoms with van der Waals surface area (Å²) in [6, 6.07) is 0. The van der Waals surface area contributed by atoms with E-state index in [1.807, 2.05) is 0 Å². The maximum atomic E-state index is 11.4. The zero-order valence-corrected chi connectivity index (χ0v) is 9.86. The van der Waals surface area contributed by atoms with Crippen LogP contribution in [0.4, 0.5) is 0 Å². The third kappa shape index (κ3) is 1.32. The monoisotopic (exact) mass is 220 g/mol. The van der Waals surface area contributed by atoms with E-state index in [0.29, 0.717) is 23.5 Å². The molecule has 1 N–H and O–H groups in total. The fourth-order valence-corrected chi connectivity index (χ4v) is 4.32. The molecule has 88 valence electrons. The lowest BCUT2D eigenvalue weighted by Crippen LogP contribution is -2.43. The molecule has 0 aromatic rings. The van der Waals surface area contributed by atoms with Crippen molar-refractivity contribution >= 4 is 5.78 Å². The smallest absolute Gasteiger partial charge is 0.155 e. The van der Waals surface area contributed by atoms with Crippen LogP contribution in [0, 0.1) is 23.2 Å². The summed E-state index contributed by atoms with van der Waals surface area (Å²) < 4.78 is 0. The molecule has 5 atom stereocenters. The zero-order valence-electron chi connectivity index (χ0n) is 9.86. The van der Waals surface area contributed by atoms with Crippen LogP contribution in [-0.2, 0) is 4.79 Å². The number of aliphatic hydroxyl groups excluding tert-OH is 1. The van der Waals surface area contributed by atoms with Crippen molar-refractivity contribution in [2.45, 2.75) is 45.1 Å². The van der Waals surface area contributed by atoms with E-state index in [1.165, 1.54) is 0 Å². The summed E-state index contributed by atoms with van der Waals surface area (Å²) in [4.78, 5) is 11.4. The molecule has 0 bridgehead atoms. The molecule has 0 saturated heterocycles. The fourth-order valence-electron chi connectivity index (χ4n) is 4.32. The number of hydrogen-bond donors (Lipinski definition) is 1. The van der Waals surface area contributed by atoms with E-state index in [-0.39, 0.29) is 11.5 Å². The largest absolute Gasteiger partial charge is 0.393 e. The molecule has 2 nitrogen and oxygen atoms in total. The Labute approximate surface area is 96.7 Å². The second-order valence-electron chi connectivity index (χ2n) is 6.11. The molecule has 0 aromatic carbocycles. The van der Waals surface area contributed by atoms with Crippen molar-refractivity contribution in [3.05, 3.63) is 12.2 Å². The van der Waals surface area contributed by atoms with Crippen LogP contribution >= 0.6 is 0 Å². The van der Waals surface area contributed by atoms with Gasteiger partial charge < -0.3 is 5.11 Å². The summed E-state index contributed by atoms with van der Waals surface area (Å²) in [5.41, 5.74) is 0.117. The van der Waals surface area contributed by atoms with Gasteiger partial charge in [-0.3, -0.25) is 4.79 Å². The van der Waals surface area contributed by atoms with Crippen LogP contribution in [0.1, 0.15) is 39.0 Å². The highest BCUT2D eigenvalue weighted by Crippen LogP contribution is 2.57. The molecule has 3 unspecified atom stereocenters. The number of hydrogen-bond acceptors (Lipinski definition) is 2. The Morgan fingerprint density at radius 2 is 2.19 bits per heavy atom. The zero-order chi connectivity index (χ0) is 11.3. The summed E-state index contributed by atoms with van der Waals surface area (Å²) >= 11 is 0. The minimum atomic E-state index is -0.121. The molecule has 3 aliphatic rings. The summed E-state index contributed by atoms with van der Waals surface area (Å²) in [5, 5.41) is 10.1. The topological polar surface area (TPSA) is 37.3 Å². The van der Waals surface area contributed by atoms with E-state index >= 15 is 0 Å². The van der Waals surface area contributed by atoms with Crippen LogP contribution in [0.2, 0.25) is 0 Å². The molecular weight excluding hydrogens is 200 g/mol. The average molecular weight is 220 g/mol. The molecule has 3 rings (SSSR count). The number of fused-ring (bicyclic) bond motifs is 3. The highest BCUT2D eigenvalue weighted by Gasteiger charge is 2.53. The normalized spacial score (nSPS) is 51.2. The number of ketones is 1. The molecule has 0 spiro atoms. The molecule has 2 saturated carbocycles. The first kappa shape index (κ1) is 10.5. The summed E-state index contributed by atoms with van der Waals surface area (Å²) in [7, 11) is 0. The maximum Gasteiger partial charge on any atom is 0.155 e. The SMILES string of the molecule is C[C@@]12CCC3CC(=O)C=CC3C1CC[C@H]2O. The predicted octanol–water partition coefficient (Wildman–Crippen LogP) is 2.32. The van der Waals surface area contributed by atoms with Crippen LogP contribution in [-0.4, -0.2) is 17.0 Å². The predicted molar refractivity (Wildman–Crippen MR) is 61.8 cm³/mol. The molecule has 2 fully saturated rings. The van der Waals surface area contributed by atoms with Crippen LogP contribution < -0.4 is 0 Å². The van der Waals surface area contributed by atoms with Gasteiger partial charge in [-0.15, -0.1) is 0 Å². The first-order valence-corrected chi connectivity index (χ1v) is 6.50. The van der Waals surface area contributed by atoms with E-state index in [1.54, 1.807) is 6.08 Å². The van der Waals surface area contributed by atoms with Crippen molar-refractivity contribution in [2.75, 3.05) is 0 Å². The molecule has 0 radical (unpaired) electrons. The van der Waals surface area contributed by atoms with Crippen molar-refractivity contribution in [1.82, 2.24) is 0 Å². The number of aliphatic hydroxyl groups is 1. The van der Waals surface area contributed by atoms with Crippen LogP contribution in [0.15, 0.2) is 12.2 Å². The quantitative estimate of drug-likeness (QED) is 0.680. The second-order valence-corrected chi connectivity index (χ2v) is 6.11. The van der Waals surface area contributed by atoms with Crippen molar-refractivity contribution in [3.8, 4) is 0 Å². The van der Waals surface area contributed by atoms with Gasteiger partial charge in [0, 0.05) is 6.42 Å². The lowest BCUT2D eigenvalue weighted by Gasteiger charge is -2.47. The van der Waals surface area contributed by atoms with E-state index < -0.39 is 0 Å².